The van der Waals surface area contributed by atoms with Gasteiger partial charge in [-0.05, 0) is 32.4 Å². The van der Waals surface area contributed by atoms with Gasteiger partial charge >= 0.3 is 0 Å². The van der Waals surface area contributed by atoms with Gasteiger partial charge in [0.1, 0.15) is 11.6 Å². The molecule has 1 aromatic rings. The third-order valence-electron chi connectivity index (χ3n) is 2.53. The lowest BCUT2D eigenvalue weighted by Gasteiger charge is -2.24. The smallest absolute Gasteiger partial charge is 0.258 e. The quantitative estimate of drug-likeness (QED) is 0.857. The first kappa shape index (κ1) is 13.5. The lowest BCUT2D eigenvalue weighted by molar-refractivity contribution is -0.124. The zero-order valence-electron chi connectivity index (χ0n) is 10.4. The second kappa shape index (κ2) is 5.66. The number of benzene rings is 1. The summed E-state index contributed by atoms with van der Waals surface area (Å²) in [6, 6.07) is 5.73. The minimum absolute atomic E-state index is 0.104. The van der Waals surface area contributed by atoms with Crippen LogP contribution in [0.25, 0.3) is 0 Å². The summed E-state index contributed by atoms with van der Waals surface area (Å²) in [7, 11) is 0. The molecule has 3 nitrogen and oxygen atoms in total. The van der Waals surface area contributed by atoms with Crippen molar-refractivity contribution in [2.24, 2.45) is 0 Å². The van der Waals surface area contributed by atoms with Crippen LogP contribution in [0.1, 0.15) is 27.2 Å². The Morgan fingerprint density at radius 2 is 2.18 bits per heavy atom. The molecule has 0 aliphatic heterocycles. The van der Waals surface area contributed by atoms with Crippen LogP contribution in [0.5, 0.6) is 5.75 Å². The van der Waals surface area contributed by atoms with Crippen molar-refractivity contribution in [2.75, 3.05) is 6.61 Å². The fraction of sp³-hybridized carbons (Fsp3) is 0.462. The second-order valence-electron chi connectivity index (χ2n) is 4.53. The van der Waals surface area contributed by atoms with Gasteiger partial charge < -0.3 is 10.1 Å². The standard InChI is InChI=1S/C13H18FNO2/c1-4-13(2,3)15-12(16)9-17-11-7-5-6-10(14)8-11/h5-8H,4,9H2,1-3H3,(H,15,16). The maximum atomic E-state index is 12.8. The van der Waals surface area contributed by atoms with Crippen molar-refractivity contribution in [3.63, 3.8) is 0 Å². The lowest BCUT2D eigenvalue weighted by atomic mass is 10.0. The zero-order valence-corrected chi connectivity index (χ0v) is 10.4. The van der Waals surface area contributed by atoms with E-state index in [1.54, 1.807) is 12.1 Å². The summed E-state index contributed by atoms with van der Waals surface area (Å²) in [4.78, 5) is 11.5. The minimum Gasteiger partial charge on any atom is -0.484 e. The number of ether oxygens (including phenoxy) is 1. The van der Waals surface area contributed by atoms with E-state index in [0.29, 0.717) is 5.75 Å². The van der Waals surface area contributed by atoms with Crippen molar-refractivity contribution in [1.82, 2.24) is 5.32 Å². The molecule has 4 heteroatoms. The predicted molar refractivity (Wildman–Crippen MR) is 64.4 cm³/mol. The Morgan fingerprint density at radius 1 is 1.47 bits per heavy atom. The molecule has 0 saturated heterocycles. The fourth-order valence-corrected chi connectivity index (χ4v) is 1.21. The first-order chi connectivity index (χ1) is 7.93. The summed E-state index contributed by atoms with van der Waals surface area (Å²) in [6.45, 7) is 5.76. The minimum atomic E-state index is -0.378. The highest BCUT2D eigenvalue weighted by Crippen LogP contribution is 2.12. The van der Waals surface area contributed by atoms with Gasteiger partial charge in [0.2, 0.25) is 0 Å². The molecular weight excluding hydrogens is 221 g/mol. The molecule has 0 aliphatic rings. The average molecular weight is 239 g/mol. The molecule has 0 aromatic heterocycles. The van der Waals surface area contributed by atoms with Gasteiger partial charge in [-0.25, -0.2) is 4.39 Å². The molecule has 0 saturated carbocycles. The van der Waals surface area contributed by atoms with Crippen molar-refractivity contribution in [1.29, 1.82) is 0 Å². The van der Waals surface area contributed by atoms with E-state index in [2.05, 4.69) is 5.32 Å². The predicted octanol–water partition coefficient (Wildman–Crippen LogP) is 2.51. The van der Waals surface area contributed by atoms with Crippen LogP contribution in [0.15, 0.2) is 24.3 Å². The first-order valence-corrected chi connectivity index (χ1v) is 5.62. The molecular formula is C13H18FNO2. The summed E-state index contributed by atoms with van der Waals surface area (Å²) in [5.41, 5.74) is -0.248. The van der Waals surface area contributed by atoms with Crippen LogP contribution < -0.4 is 10.1 Å². The molecule has 0 heterocycles. The second-order valence-corrected chi connectivity index (χ2v) is 4.53. The van der Waals surface area contributed by atoms with Crippen LogP contribution in [0.3, 0.4) is 0 Å². The number of rotatable bonds is 5. The SMILES string of the molecule is CCC(C)(C)NC(=O)COc1cccc(F)c1. The largest absolute Gasteiger partial charge is 0.484 e. The molecule has 0 atom stereocenters. The van der Waals surface area contributed by atoms with Gasteiger partial charge in [-0.15, -0.1) is 0 Å². The zero-order chi connectivity index (χ0) is 12.9. The van der Waals surface area contributed by atoms with Crippen molar-refractivity contribution in [2.45, 2.75) is 32.7 Å². The van der Waals surface area contributed by atoms with Crippen LogP contribution in [0.2, 0.25) is 0 Å². The molecule has 0 spiro atoms. The van der Waals surface area contributed by atoms with Crippen molar-refractivity contribution < 1.29 is 13.9 Å². The van der Waals surface area contributed by atoms with Gasteiger partial charge in [0.25, 0.3) is 5.91 Å². The highest BCUT2D eigenvalue weighted by molar-refractivity contribution is 5.78. The summed E-state index contributed by atoms with van der Waals surface area (Å²) < 4.78 is 18.0. The molecule has 0 aliphatic carbocycles. The number of halogens is 1. The van der Waals surface area contributed by atoms with Gasteiger partial charge in [-0.3, -0.25) is 4.79 Å². The van der Waals surface area contributed by atoms with Gasteiger partial charge in [-0.1, -0.05) is 13.0 Å². The van der Waals surface area contributed by atoms with E-state index in [1.807, 2.05) is 20.8 Å². The number of amides is 1. The van der Waals surface area contributed by atoms with Crippen molar-refractivity contribution in [3.8, 4) is 5.75 Å². The van der Waals surface area contributed by atoms with Gasteiger partial charge in [0, 0.05) is 11.6 Å². The van der Waals surface area contributed by atoms with E-state index >= 15 is 0 Å². The Bertz CT molecular complexity index is 391. The van der Waals surface area contributed by atoms with Crippen molar-refractivity contribution in [3.05, 3.63) is 30.1 Å². The number of hydrogen-bond acceptors (Lipinski definition) is 2. The van der Waals surface area contributed by atoms with E-state index in [9.17, 15) is 9.18 Å². The maximum absolute atomic E-state index is 12.8. The lowest BCUT2D eigenvalue weighted by Crippen LogP contribution is -2.44. The molecule has 17 heavy (non-hydrogen) atoms. The Morgan fingerprint density at radius 3 is 2.76 bits per heavy atom. The monoisotopic (exact) mass is 239 g/mol. The molecule has 0 radical (unpaired) electrons. The molecule has 0 bridgehead atoms. The topological polar surface area (TPSA) is 38.3 Å². The summed E-state index contributed by atoms with van der Waals surface area (Å²) in [5.74, 6) is -0.229. The third-order valence-corrected chi connectivity index (χ3v) is 2.53. The van der Waals surface area contributed by atoms with Crippen LogP contribution in [-0.4, -0.2) is 18.1 Å². The highest BCUT2D eigenvalue weighted by atomic mass is 19.1. The fourth-order valence-electron chi connectivity index (χ4n) is 1.21. The van der Waals surface area contributed by atoms with E-state index < -0.39 is 0 Å². The third kappa shape index (κ3) is 4.85. The van der Waals surface area contributed by atoms with Crippen LogP contribution in [0.4, 0.5) is 4.39 Å². The maximum Gasteiger partial charge on any atom is 0.258 e. The Kier molecular flexibility index (Phi) is 4.49. The Labute approximate surface area is 101 Å². The molecule has 1 rings (SSSR count). The molecule has 0 fully saturated rings. The Balaban J connectivity index is 2.44. The first-order valence-electron chi connectivity index (χ1n) is 5.62. The Hall–Kier alpha value is -1.58. The highest BCUT2D eigenvalue weighted by Gasteiger charge is 2.17. The van der Waals surface area contributed by atoms with Crippen LogP contribution in [0, 0.1) is 5.82 Å². The van der Waals surface area contributed by atoms with Gasteiger partial charge in [-0.2, -0.15) is 0 Å². The average Bonchev–Trinajstić information content (AvgIpc) is 2.26. The molecule has 94 valence electrons. The van der Waals surface area contributed by atoms with Crippen LogP contribution in [-0.2, 0) is 4.79 Å². The number of carbonyl (C=O) groups is 1. The van der Waals surface area contributed by atoms with E-state index in [-0.39, 0.29) is 23.9 Å². The number of hydrogen-bond donors (Lipinski definition) is 1. The molecule has 1 N–H and O–H groups in total. The van der Waals surface area contributed by atoms with Crippen molar-refractivity contribution >= 4 is 5.91 Å². The number of nitrogens with one attached hydrogen (secondary N) is 1. The summed E-state index contributed by atoms with van der Waals surface area (Å²) in [6.07, 6.45) is 0.832. The van der Waals surface area contributed by atoms with E-state index in [0.717, 1.165) is 6.42 Å². The van der Waals surface area contributed by atoms with E-state index in [4.69, 9.17) is 4.74 Å². The molecule has 0 unspecified atom stereocenters. The summed E-state index contributed by atoms with van der Waals surface area (Å²) >= 11 is 0. The van der Waals surface area contributed by atoms with Gasteiger partial charge in [0.05, 0.1) is 0 Å². The normalized spacial score (nSPS) is 11.1. The number of carbonyl (C=O) groups excluding carboxylic acids is 1. The van der Waals surface area contributed by atoms with E-state index in [1.165, 1.54) is 12.1 Å². The molecule has 1 aromatic carbocycles. The molecule has 1 amide bonds. The summed E-state index contributed by atoms with van der Waals surface area (Å²) in [5, 5.41) is 2.83. The van der Waals surface area contributed by atoms with Crippen LogP contribution >= 0.6 is 0 Å². The van der Waals surface area contributed by atoms with Gasteiger partial charge in [0.15, 0.2) is 6.61 Å².